The summed E-state index contributed by atoms with van der Waals surface area (Å²) in [6, 6.07) is 3.85. The van der Waals surface area contributed by atoms with Gasteiger partial charge in [0.2, 0.25) is 0 Å². The Morgan fingerprint density at radius 2 is 2.17 bits per heavy atom. The molecular formula is C22H27ClN4O3. The van der Waals surface area contributed by atoms with Crippen LogP contribution >= 0.6 is 11.6 Å². The van der Waals surface area contributed by atoms with E-state index in [1.165, 1.54) is 12.8 Å². The van der Waals surface area contributed by atoms with E-state index in [-0.39, 0.29) is 12.6 Å². The summed E-state index contributed by atoms with van der Waals surface area (Å²) in [6.07, 6.45) is 3.15. The maximum absolute atomic E-state index is 12.7. The fourth-order valence-corrected chi connectivity index (χ4v) is 4.92. The number of carbonyl (C=O) groups excluding carboxylic acids is 1. The summed E-state index contributed by atoms with van der Waals surface area (Å²) in [5.41, 5.74) is 6.39. The minimum atomic E-state index is -0.389. The molecule has 0 fully saturated rings. The zero-order chi connectivity index (χ0) is 21.4. The minimum absolute atomic E-state index is 0.0562. The van der Waals surface area contributed by atoms with Crippen LogP contribution in [0.25, 0.3) is 22.0 Å². The van der Waals surface area contributed by atoms with Crippen molar-refractivity contribution in [2.75, 3.05) is 20.8 Å². The summed E-state index contributed by atoms with van der Waals surface area (Å²) in [5.74, 6) is -0.389. The Morgan fingerprint density at radius 3 is 2.87 bits per heavy atom. The Bertz CT molecular complexity index is 1120. The van der Waals surface area contributed by atoms with Crippen molar-refractivity contribution in [3.63, 3.8) is 0 Å². The second-order valence-corrected chi connectivity index (χ2v) is 8.06. The lowest BCUT2D eigenvalue weighted by molar-refractivity contribution is 0.0589. The van der Waals surface area contributed by atoms with E-state index in [2.05, 4.69) is 10.00 Å². The van der Waals surface area contributed by atoms with Gasteiger partial charge in [-0.3, -0.25) is 4.68 Å². The zero-order valence-electron chi connectivity index (χ0n) is 17.6. The Morgan fingerprint density at radius 1 is 1.37 bits per heavy atom. The Hall–Kier alpha value is -2.35. The van der Waals surface area contributed by atoms with E-state index in [9.17, 15) is 9.90 Å². The van der Waals surface area contributed by atoms with Crippen LogP contribution in [-0.4, -0.2) is 46.2 Å². The van der Waals surface area contributed by atoms with Gasteiger partial charge in [-0.15, -0.1) is 0 Å². The molecule has 0 amide bonds. The number of esters is 1. The Balaban J connectivity index is 2.07. The largest absolute Gasteiger partial charge is 0.464 e. The number of hydrogen-bond donors (Lipinski definition) is 2. The maximum Gasteiger partial charge on any atom is 0.354 e. The number of ether oxygens (including phenoxy) is 1. The highest BCUT2D eigenvalue weighted by Gasteiger charge is 2.29. The summed E-state index contributed by atoms with van der Waals surface area (Å²) in [5, 5.41) is 19.0. The lowest BCUT2D eigenvalue weighted by atomic mass is 9.97. The number of carbonyl (C=O) groups is 1. The van der Waals surface area contributed by atoms with Crippen molar-refractivity contribution in [1.29, 1.82) is 0 Å². The van der Waals surface area contributed by atoms with Crippen molar-refractivity contribution >= 4 is 28.5 Å². The molecule has 7 nitrogen and oxygen atoms in total. The zero-order valence-corrected chi connectivity index (χ0v) is 18.3. The average Bonchev–Trinajstić information content (AvgIpc) is 3.39. The molecule has 0 saturated heterocycles. The van der Waals surface area contributed by atoms with E-state index in [1.807, 2.05) is 30.8 Å². The SMILES string of the molecule is CNCc1nn2c(c1-c1c(Cl)ccc3c(CCCO)c(C(=O)OC)n(C)c13)CCC2. The van der Waals surface area contributed by atoms with Gasteiger partial charge in [0.25, 0.3) is 0 Å². The summed E-state index contributed by atoms with van der Waals surface area (Å²) < 4.78 is 9.05. The van der Waals surface area contributed by atoms with Gasteiger partial charge in [-0.25, -0.2) is 4.79 Å². The van der Waals surface area contributed by atoms with Crippen molar-refractivity contribution in [3.05, 3.63) is 39.8 Å². The van der Waals surface area contributed by atoms with Gasteiger partial charge in [-0.05, 0) is 44.4 Å². The molecule has 3 aromatic rings. The van der Waals surface area contributed by atoms with Crippen LogP contribution in [0.2, 0.25) is 5.02 Å². The highest BCUT2D eigenvalue weighted by molar-refractivity contribution is 6.35. The van der Waals surface area contributed by atoms with Crippen molar-refractivity contribution in [3.8, 4) is 11.1 Å². The lowest BCUT2D eigenvalue weighted by Crippen LogP contribution is -2.11. The molecule has 3 heterocycles. The van der Waals surface area contributed by atoms with Crippen molar-refractivity contribution in [2.24, 2.45) is 7.05 Å². The Labute approximate surface area is 180 Å². The molecule has 0 spiro atoms. The molecule has 0 saturated carbocycles. The molecule has 2 aromatic heterocycles. The second-order valence-electron chi connectivity index (χ2n) is 7.65. The van der Waals surface area contributed by atoms with Gasteiger partial charge in [0.05, 0.1) is 23.3 Å². The van der Waals surface area contributed by atoms with E-state index < -0.39 is 0 Å². The Kier molecular flexibility index (Phi) is 5.86. The third kappa shape index (κ3) is 3.21. The summed E-state index contributed by atoms with van der Waals surface area (Å²) in [7, 11) is 5.17. The van der Waals surface area contributed by atoms with E-state index in [0.29, 0.717) is 30.1 Å². The van der Waals surface area contributed by atoms with Crippen LogP contribution in [0.15, 0.2) is 12.1 Å². The number of fused-ring (bicyclic) bond motifs is 2. The second kappa shape index (κ2) is 8.41. The van der Waals surface area contributed by atoms with Gasteiger partial charge < -0.3 is 19.7 Å². The van der Waals surface area contributed by atoms with Gasteiger partial charge >= 0.3 is 5.97 Å². The molecule has 0 bridgehead atoms. The number of nitrogens with one attached hydrogen (secondary N) is 1. The van der Waals surface area contributed by atoms with Gasteiger partial charge in [0, 0.05) is 49.0 Å². The number of aryl methyl sites for hydroxylation is 3. The van der Waals surface area contributed by atoms with Gasteiger partial charge in [0.15, 0.2) is 0 Å². The molecule has 160 valence electrons. The number of rotatable bonds is 7. The van der Waals surface area contributed by atoms with E-state index in [4.69, 9.17) is 21.4 Å². The molecule has 8 heteroatoms. The summed E-state index contributed by atoms with van der Waals surface area (Å²) >= 11 is 6.79. The van der Waals surface area contributed by atoms with Crippen molar-refractivity contribution in [2.45, 2.75) is 38.8 Å². The van der Waals surface area contributed by atoms with Crippen molar-refractivity contribution in [1.82, 2.24) is 19.7 Å². The maximum atomic E-state index is 12.7. The van der Waals surface area contributed by atoms with Gasteiger partial charge in [0.1, 0.15) is 5.69 Å². The van der Waals surface area contributed by atoms with E-state index in [0.717, 1.165) is 52.7 Å². The highest BCUT2D eigenvalue weighted by Crippen LogP contribution is 2.43. The molecule has 1 aromatic carbocycles. The van der Waals surface area contributed by atoms with Gasteiger partial charge in [-0.1, -0.05) is 17.7 Å². The number of nitrogens with zero attached hydrogens (tertiary/aromatic N) is 3. The smallest absolute Gasteiger partial charge is 0.354 e. The molecule has 0 atom stereocenters. The fourth-order valence-electron chi connectivity index (χ4n) is 4.67. The number of hydrogen-bond acceptors (Lipinski definition) is 5. The normalized spacial score (nSPS) is 13.2. The molecule has 0 radical (unpaired) electrons. The minimum Gasteiger partial charge on any atom is -0.464 e. The van der Waals surface area contributed by atoms with Crippen LogP contribution in [0.4, 0.5) is 0 Å². The molecule has 1 aliphatic heterocycles. The number of benzene rings is 1. The first-order chi connectivity index (χ1) is 14.5. The van der Waals surface area contributed by atoms with Crippen LogP contribution in [-0.2, 0) is 37.7 Å². The molecule has 0 aliphatic carbocycles. The average molecular weight is 431 g/mol. The number of halogens is 1. The van der Waals surface area contributed by atoms with E-state index in [1.54, 1.807) is 0 Å². The molecule has 0 unspecified atom stereocenters. The number of aromatic nitrogens is 3. The highest BCUT2D eigenvalue weighted by atomic mass is 35.5. The van der Waals surface area contributed by atoms with Crippen LogP contribution in [0.5, 0.6) is 0 Å². The standard InChI is InChI=1S/C22H27ClN4O3/c1-24-12-16-19(17-7-4-10-27(17)25-16)18-15(23)9-8-14-13(6-5-11-28)21(22(29)30-3)26(2)20(14)18/h8-9,24,28H,4-7,10-12H2,1-3H3. The quantitative estimate of drug-likeness (QED) is 0.563. The molecule has 2 N–H and O–H groups in total. The fraction of sp³-hybridized carbons (Fsp3) is 0.455. The molecule has 4 rings (SSSR count). The number of aliphatic hydroxyl groups is 1. The molecule has 30 heavy (non-hydrogen) atoms. The predicted molar refractivity (Wildman–Crippen MR) is 117 cm³/mol. The van der Waals surface area contributed by atoms with Crippen LogP contribution < -0.4 is 5.32 Å². The number of methoxy groups -OCH3 is 1. The van der Waals surface area contributed by atoms with Crippen LogP contribution in [0, 0.1) is 0 Å². The monoisotopic (exact) mass is 430 g/mol. The van der Waals surface area contributed by atoms with Crippen LogP contribution in [0.1, 0.15) is 40.3 Å². The predicted octanol–water partition coefficient (Wildman–Crippen LogP) is 3.07. The summed E-state index contributed by atoms with van der Waals surface area (Å²) in [4.78, 5) is 12.7. The first-order valence-corrected chi connectivity index (χ1v) is 10.6. The van der Waals surface area contributed by atoms with E-state index >= 15 is 0 Å². The van der Waals surface area contributed by atoms with Crippen LogP contribution in [0.3, 0.4) is 0 Å². The van der Waals surface area contributed by atoms with Gasteiger partial charge in [-0.2, -0.15) is 5.10 Å². The molecular weight excluding hydrogens is 404 g/mol. The lowest BCUT2D eigenvalue weighted by Gasteiger charge is -2.12. The third-order valence-corrected chi connectivity index (χ3v) is 6.20. The summed E-state index contributed by atoms with van der Waals surface area (Å²) in [6.45, 7) is 1.59. The third-order valence-electron chi connectivity index (χ3n) is 5.88. The number of aliphatic hydroxyl groups excluding tert-OH is 1. The molecule has 1 aliphatic rings. The topological polar surface area (TPSA) is 81.3 Å². The first kappa shape index (κ1) is 20.9. The first-order valence-electron chi connectivity index (χ1n) is 10.3. The van der Waals surface area contributed by atoms with Crippen molar-refractivity contribution < 1.29 is 14.6 Å².